The molecule has 0 atom stereocenters. The van der Waals surface area contributed by atoms with Crippen molar-refractivity contribution in [2.24, 2.45) is 5.10 Å². The van der Waals surface area contributed by atoms with Crippen LogP contribution < -0.4 is 5.43 Å². The molecule has 3 aromatic rings. The minimum absolute atomic E-state index is 0.212. The van der Waals surface area contributed by atoms with Crippen LogP contribution in [0.4, 0.5) is 0 Å². The molecule has 3 nitrogen and oxygen atoms in total. The molecule has 3 rings (SSSR count). The lowest BCUT2D eigenvalue weighted by Crippen LogP contribution is -2.17. The zero-order chi connectivity index (χ0) is 15.4. The minimum Gasteiger partial charge on any atom is -0.267 e. The Bertz CT molecular complexity index is 830. The van der Waals surface area contributed by atoms with Crippen LogP contribution in [0.1, 0.15) is 21.5 Å². The van der Waals surface area contributed by atoms with Crippen molar-refractivity contribution in [2.45, 2.75) is 6.92 Å². The fourth-order valence-electron chi connectivity index (χ4n) is 2.29. The maximum absolute atomic E-state index is 12.0. The fourth-order valence-corrected chi connectivity index (χ4v) is 2.29. The molecule has 3 aromatic carbocycles. The number of amides is 1. The molecule has 0 bridgehead atoms. The van der Waals surface area contributed by atoms with E-state index in [0.717, 1.165) is 21.9 Å². The Morgan fingerprint density at radius 3 is 2.50 bits per heavy atom. The molecule has 0 unspecified atom stereocenters. The van der Waals surface area contributed by atoms with E-state index in [1.165, 1.54) is 0 Å². The average Bonchev–Trinajstić information content (AvgIpc) is 2.55. The van der Waals surface area contributed by atoms with Gasteiger partial charge in [-0.1, -0.05) is 60.2 Å². The standard InChI is InChI=1S/C19H16N2O/c1-14-9-11-16(12-10-14)19(22)21-20-13-17-7-4-6-15-5-2-3-8-18(15)17/h2-13H,1H3,(H,21,22)/b20-13-. The Hall–Kier alpha value is -2.94. The van der Waals surface area contributed by atoms with Gasteiger partial charge in [0.15, 0.2) is 0 Å². The number of fused-ring (bicyclic) bond motifs is 1. The van der Waals surface area contributed by atoms with Crippen molar-refractivity contribution in [3.63, 3.8) is 0 Å². The van der Waals surface area contributed by atoms with Crippen molar-refractivity contribution in [1.29, 1.82) is 0 Å². The summed E-state index contributed by atoms with van der Waals surface area (Å²) in [4.78, 5) is 12.0. The van der Waals surface area contributed by atoms with Crippen molar-refractivity contribution in [3.8, 4) is 0 Å². The zero-order valence-corrected chi connectivity index (χ0v) is 12.3. The van der Waals surface area contributed by atoms with Gasteiger partial charge in [0, 0.05) is 11.1 Å². The second kappa shape index (κ2) is 6.22. The molecule has 0 saturated carbocycles. The van der Waals surface area contributed by atoms with E-state index in [1.807, 2.05) is 49.4 Å². The lowest BCUT2D eigenvalue weighted by Gasteiger charge is -2.02. The SMILES string of the molecule is Cc1ccc(C(=O)N/N=C\c2cccc3ccccc23)cc1. The number of nitrogens with zero attached hydrogens (tertiary/aromatic N) is 1. The number of rotatable bonds is 3. The normalized spacial score (nSPS) is 11.0. The molecule has 3 heteroatoms. The molecule has 0 radical (unpaired) electrons. The summed E-state index contributed by atoms with van der Waals surface area (Å²) in [6, 6.07) is 21.5. The molecular weight excluding hydrogens is 272 g/mol. The average molecular weight is 288 g/mol. The third-order valence-electron chi connectivity index (χ3n) is 3.51. The van der Waals surface area contributed by atoms with E-state index in [9.17, 15) is 4.79 Å². The Labute approximate surface area is 129 Å². The Balaban J connectivity index is 1.76. The third-order valence-corrected chi connectivity index (χ3v) is 3.51. The maximum Gasteiger partial charge on any atom is 0.271 e. The molecule has 1 amide bonds. The number of benzene rings is 3. The summed E-state index contributed by atoms with van der Waals surface area (Å²) >= 11 is 0. The number of aryl methyl sites for hydroxylation is 1. The van der Waals surface area contributed by atoms with Gasteiger partial charge in [-0.3, -0.25) is 4.79 Å². The highest BCUT2D eigenvalue weighted by Gasteiger charge is 2.03. The van der Waals surface area contributed by atoms with Crippen LogP contribution >= 0.6 is 0 Å². The molecule has 0 aliphatic rings. The van der Waals surface area contributed by atoms with Gasteiger partial charge in [0.1, 0.15) is 0 Å². The van der Waals surface area contributed by atoms with Gasteiger partial charge in [-0.25, -0.2) is 5.43 Å². The van der Waals surface area contributed by atoms with E-state index < -0.39 is 0 Å². The van der Waals surface area contributed by atoms with Gasteiger partial charge < -0.3 is 0 Å². The van der Waals surface area contributed by atoms with E-state index in [2.05, 4.69) is 22.7 Å². The first-order chi connectivity index (χ1) is 10.7. The van der Waals surface area contributed by atoms with Crippen molar-refractivity contribution in [1.82, 2.24) is 5.43 Å². The molecule has 0 saturated heterocycles. The monoisotopic (exact) mass is 288 g/mol. The molecule has 1 N–H and O–H groups in total. The second-order valence-electron chi connectivity index (χ2n) is 5.13. The topological polar surface area (TPSA) is 41.5 Å². The maximum atomic E-state index is 12.0. The molecule has 108 valence electrons. The van der Waals surface area contributed by atoms with Crippen LogP contribution in [0.15, 0.2) is 71.8 Å². The van der Waals surface area contributed by atoms with Crippen LogP contribution in [0.5, 0.6) is 0 Å². The molecule has 22 heavy (non-hydrogen) atoms. The Kier molecular flexibility index (Phi) is 3.97. The van der Waals surface area contributed by atoms with E-state index >= 15 is 0 Å². The molecule has 0 aliphatic carbocycles. The van der Waals surface area contributed by atoms with Crippen LogP contribution in [0, 0.1) is 6.92 Å². The van der Waals surface area contributed by atoms with Gasteiger partial charge in [-0.05, 0) is 29.8 Å². The summed E-state index contributed by atoms with van der Waals surface area (Å²) in [6.07, 6.45) is 1.68. The van der Waals surface area contributed by atoms with E-state index in [4.69, 9.17) is 0 Å². The minimum atomic E-state index is -0.212. The number of hydrazone groups is 1. The van der Waals surface area contributed by atoms with Crippen LogP contribution in [-0.4, -0.2) is 12.1 Å². The van der Waals surface area contributed by atoms with E-state index in [1.54, 1.807) is 18.3 Å². The summed E-state index contributed by atoms with van der Waals surface area (Å²) in [5.74, 6) is -0.212. The number of carbonyl (C=O) groups is 1. The Morgan fingerprint density at radius 1 is 0.955 bits per heavy atom. The number of nitrogens with one attached hydrogen (secondary N) is 1. The molecule has 0 aliphatic heterocycles. The highest BCUT2D eigenvalue weighted by molar-refractivity contribution is 6.00. The first-order valence-electron chi connectivity index (χ1n) is 7.12. The number of hydrogen-bond donors (Lipinski definition) is 1. The highest BCUT2D eigenvalue weighted by atomic mass is 16.2. The predicted octanol–water partition coefficient (Wildman–Crippen LogP) is 3.91. The van der Waals surface area contributed by atoms with Crippen molar-refractivity contribution in [2.75, 3.05) is 0 Å². The summed E-state index contributed by atoms with van der Waals surface area (Å²) in [5.41, 5.74) is 5.26. The summed E-state index contributed by atoms with van der Waals surface area (Å²) < 4.78 is 0. The van der Waals surface area contributed by atoms with Crippen molar-refractivity contribution < 1.29 is 4.79 Å². The number of hydrogen-bond acceptors (Lipinski definition) is 2. The third kappa shape index (κ3) is 3.04. The molecule has 0 aromatic heterocycles. The van der Waals surface area contributed by atoms with Crippen LogP contribution in [0.3, 0.4) is 0 Å². The molecule has 0 fully saturated rings. The van der Waals surface area contributed by atoms with Gasteiger partial charge in [0.05, 0.1) is 6.21 Å². The second-order valence-corrected chi connectivity index (χ2v) is 5.13. The fraction of sp³-hybridized carbons (Fsp3) is 0.0526. The smallest absolute Gasteiger partial charge is 0.267 e. The summed E-state index contributed by atoms with van der Waals surface area (Å²) in [7, 11) is 0. The summed E-state index contributed by atoms with van der Waals surface area (Å²) in [5, 5.41) is 6.32. The van der Waals surface area contributed by atoms with Gasteiger partial charge in [0.2, 0.25) is 0 Å². The van der Waals surface area contributed by atoms with Crippen LogP contribution in [-0.2, 0) is 0 Å². The molecular formula is C19H16N2O. The van der Waals surface area contributed by atoms with Crippen LogP contribution in [0.25, 0.3) is 10.8 Å². The predicted molar refractivity (Wildman–Crippen MR) is 90.2 cm³/mol. The van der Waals surface area contributed by atoms with Crippen molar-refractivity contribution >= 4 is 22.9 Å². The van der Waals surface area contributed by atoms with Gasteiger partial charge in [-0.15, -0.1) is 0 Å². The number of carbonyl (C=O) groups excluding carboxylic acids is 1. The van der Waals surface area contributed by atoms with E-state index in [-0.39, 0.29) is 5.91 Å². The van der Waals surface area contributed by atoms with Crippen LogP contribution in [0.2, 0.25) is 0 Å². The molecule has 0 heterocycles. The highest BCUT2D eigenvalue weighted by Crippen LogP contribution is 2.16. The quantitative estimate of drug-likeness (QED) is 0.576. The first-order valence-corrected chi connectivity index (χ1v) is 7.12. The van der Waals surface area contributed by atoms with E-state index in [0.29, 0.717) is 5.56 Å². The molecule has 0 spiro atoms. The van der Waals surface area contributed by atoms with Gasteiger partial charge >= 0.3 is 0 Å². The van der Waals surface area contributed by atoms with Gasteiger partial charge in [0.25, 0.3) is 5.91 Å². The largest absolute Gasteiger partial charge is 0.271 e. The Morgan fingerprint density at radius 2 is 1.68 bits per heavy atom. The van der Waals surface area contributed by atoms with Gasteiger partial charge in [-0.2, -0.15) is 5.10 Å². The lowest BCUT2D eigenvalue weighted by molar-refractivity contribution is 0.0955. The van der Waals surface area contributed by atoms with Crippen molar-refractivity contribution in [3.05, 3.63) is 83.4 Å². The first kappa shape index (κ1) is 14.0. The summed E-state index contributed by atoms with van der Waals surface area (Å²) in [6.45, 7) is 1.99. The lowest BCUT2D eigenvalue weighted by atomic mass is 10.1. The zero-order valence-electron chi connectivity index (χ0n) is 12.3.